The van der Waals surface area contributed by atoms with Gasteiger partial charge in [0.05, 0.1) is 11.3 Å². The molecule has 0 radical (unpaired) electrons. The van der Waals surface area contributed by atoms with Crippen molar-refractivity contribution in [2.45, 2.75) is 40.7 Å². The van der Waals surface area contributed by atoms with Crippen molar-refractivity contribution in [3.63, 3.8) is 0 Å². The molecule has 0 bridgehead atoms. The van der Waals surface area contributed by atoms with E-state index in [2.05, 4.69) is 29.0 Å². The second-order valence-corrected chi connectivity index (χ2v) is 7.24. The maximum Gasteiger partial charge on any atom is 0.265 e. The molecule has 0 atom stereocenters. The Morgan fingerprint density at radius 2 is 1.94 bits per heavy atom. The van der Waals surface area contributed by atoms with E-state index in [-0.39, 0.29) is 10.8 Å². The summed E-state index contributed by atoms with van der Waals surface area (Å²) < 4.78 is 2.19. The van der Waals surface area contributed by atoms with Gasteiger partial charge in [-0.05, 0) is 43.5 Å². The number of fused-ring (bicyclic) bond motifs is 1. The van der Waals surface area contributed by atoms with Crippen LogP contribution in [0.3, 0.4) is 0 Å². The van der Waals surface area contributed by atoms with Gasteiger partial charge in [0.25, 0.3) is 5.91 Å². The Kier molecular flexibility index (Phi) is 8.74. The van der Waals surface area contributed by atoms with Crippen LogP contribution in [0.1, 0.15) is 44.5 Å². The molecule has 7 heteroatoms. The highest BCUT2D eigenvalue weighted by Gasteiger charge is 2.22. The minimum Gasteiger partial charge on any atom is -0.401 e. The number of carbonyl (C=O) groups excluding carboxylic acids is 1. The van der Waals surface area contributed by atoms with Crippen LogP contribution in [0.4, 0.5) is 5.69 Å². The van der Waals surface area contributed by atoms with E-state index in [0.29, 0.717) is 16.9 Å². The number of nitrogens with two attached hydrogens (primary N) is 2. The number of benzene rings is 1. The molecule has 0 aliphatic heterocycles. The topological polar surface area (TPSA) is 110 Å². The second kappa shape index (κ2) is 11.3. The minimum absolute atomic E-state index is 0.282. The van der Waals surface area contributed by atoms with E-state index in [4.69, 9.17) is 10.9 Å². The number of amides is 1. The summed E-state index contributed by atoms with van der Waals surface area (Å²) >= 11 is 0.823. The van der Waals surface area contributed by atoms with Crippen LogP contribution in [-0.4, -0.2) is 10.5 Å². The van der Waals surface area contributed by atoms with Crippen molar-refractivity contribution in [2.75, 3.05) is 5.32 Å². The summed E-state index contributed by atoms with van der Waals surface area (Å²) in [5.74, 6) is -0.344. The number of nitriles is 1. The molecular formula is C24H29N5OS. The molecule has 1 heterocycles. The standard InChI is InChI=1S/C22H23N5OS.C2H6/c1-3-27-19-8-6-4-5-7-17(19)18(13-23)20(27)15-9-11-16(12-10-15)26-22(28)21(29-25)14(2)24;1-2/h4-7,9-12H,3,8,24-25H2,1-2H3,(H,26,28);1-2H3/b21-14-;. The fraction of sp³-hybridized carbons (Fsp3) is 0.250. The Morgan fingerprint density at radius 1 is 1.26 bits per heavy atom. The van der Waals surface area contributed by atoms with Gasteiger partial charge in [-0.25, -0.2) is 0 Å². The van der Waals surface area contributed by atoms with Crippen molar-refractivity contribution in [3.8, 4) is 17.3 Å². The molecule has 1 amide bonds. The van der Waals surface area contributed by atoms with Crippen LogP contribution in [0, 0.1) is 11.3 Å². The summed E-state index contributed by atoms with van der Waals surface area (Å²) in [6.07, 6.45) is 8.84. The minimum atomic E-state index is -0.344. The van der Waals surface area contributed by atoms with Gasteiger partial charge >= 0.3 is 0 Å². The van der Waals surface area contributed by atoms with Crippen LogP contribution >= 0.6 is 11.9 Å². The summed E-state index contributed by atoms with van der Waals surface area (Å²) in [5.41, 5.74) is 11.3. The Balaban J connectivity index is 0.00000166. The van der Waals surface area contributed by atoms with Crippen molar-refractivity contribution in [3.05, 3.63) is 69.9 Å². The predicted octanol–water partition coefficient (Wildman–Crippen LogP) is 4.93. The summed E-state index contributed by atoms with van der Waals surface area (Å²) in [6.45, 7) is 8.47. The van der Waals surface area contributed by atoms with Crippen molar-refractivity contribution >= 4 is 29.6 Å². The van der Waals surface area contributed by atoms with E-state index in [1.54, 1.807) is 6.92 Å². The number of carbonyl (C=O) groups is 1. The summed E-state index contributed by atoms with van der Waals surface area (Å²) in [4.78, 5) is 12.6. The molecule has 2 aromatic rings. The fourth-order valence-corrected chi connectivity index (χ4v) is 3.83. The van der Waals surface area contributed by atoms with Crippen molar-refractivity contribution in [1.82, 2.24) is 4.57 Å². The highest BCUT2D eigenvalue weighted by atomic mass is 32.2. The average Bonchev–Trinajstić information content (AvgIpc) is 2.90. The van der Waals surface area contributed by atoms with Crippen molar-refractivity contribution in [2.24, 2.45) is 10.9 Å². The van der Waals surface area contributed by atoms with E-state index in [1.807, 2.05) is 56.3 Å². The second-order valence-electron chi connectivity index (χ2n) is 6.59. The van der Waals surface area contributed by atoms with E-state index >= 15 is 0 Å². The normalized spacial score (nSPS) is 12.6. The SMILES string of the molecule is CC.CCn1c2c(c(C#N)c1-c1ccc(NC(=O)/C(SN)=C(\C)N)cc1)C=CC=CC2. The number of rotatable bonds is 5. The summed E-state index contributed by atoms with van der Waals surface area (Å²) in [7, 11) is 0. The zero-order valence-electron chi connectivity index (χ0n) is 18.4. The monoisotopic (exact) mass is 435 g/mol. The van der Waals surface area contributed by atoms with Gasteiger partial charge in [0, 0.05) is 35.6 Å². The number of hydrogen-bond acceptors (Lipinski definition) is 5. The van der Waals surface area contributed by atoms with Gasteiger partial charge in [-0.2, -0.15) is 5.26 Å². The number of allylic oxidation sites excluding steroid dienone is 4. The van der Waals surface area contributed by atoms with Crippen LogP contribution in [0.5, 0.6) is 0 Å². The number of nitrogens with one attached hydrogen (secondary N) is 1. The van der Waals surface area contributed by atoms with Gasteiger partial charge in [-0.3, -0.25) is 9.93 Å². The molecule has 6 nitrogen and oxygen atoms in total. The van der Waals surface area contributed by atoms with E-state index in [1.165, 1.54) is 0 Å². The molecule has 1 aliphatic carbocycles. The van der Waals surface area contributed by atoms with E-state index in [9.17, 15) is 10.1 Å². The molecule has 0 saturated heterocycles. The highest BCUT2D eigenvalue weighted by molar-refractivity contribution is 8.01. The van der Waals surface area contributed by atoms with Gasteiger partial charge < -0.3 is 15.6 Å². The predicted molar refractivity (Wildman–Crippen MR) is 131 cm³/mol. The van der Waals surface area contributed by atoms with Crippen LogP contribution in [0.25, 0.3) is 17.3 Å². The molecule has 0 fully saturated rings. The fourth-order valence-electron chi connectivity index (χ4n) is 3.48. The first-order valence-electron chi connectivity index (χ1n) is 10.2. The van der Waals surface area contributed by atoms with Crippen LogP contribution in [0.15, 0.2) is 53.1 Å². The molecule has 1 aliphatic rings. The largest absolute Gasteiger partial charge is 0.401 e. The molecule has 31 heavy (non-hydrogen) atoms. The van der Waals surface area contributed by atoms with Crippen LogP contribution in [-0.2, 0) is 17.8 Å². The molecule has 0 unspecified atom stereocenters. The zero-order chi connectivity index (χ0) is 23.0. The van der Waals surface area contributed by atoms with Crippen LogP contribution < -0.4 is 16.2 Å². The molecule has 1 aromatic heterocycles. The summed E-state index contributed by atoms with van der Waals surface area (Å²) in [5, 5.41) is 18.2. The molecule has 0 saturated carbocycles. The lowest BCUT2D eigenvalue weighted by Gasteiger charge is -2.12. The molecule has 0 spiro atoms. The van der Waals surface area contributed by atoms with Crippen molar-refractivity contribution < 1.29 is 4.79 Å². The smallest absolute Gasteiger partial charge is 0.265 e. The molecule has 162 valence electrons. The highest BCUT2D eigenvalue weighted by Crippen LogP contribution is 2.34. The average molecular weight is 436 g/mol. The lowest BCUT2D eigenvalue weighted by Crippen LogP contribution is -2.17. The molecular weight excluding hydrogens is 406 g/mol. The quantitative estimate of drug-likeness (QED) is 0.455. The van der Waals surface area contributed by atoms with E-state index < -0.39 is 0 Å². The number of anilines is 1. The number of aromatic nitrogens is 1. The van der Waals surface area contributed by atoms with Crippen molar-refractivity contribution in [1.29, 1.82) is 5.26 Å². The number of nitrogens with zero attached hydrogens (tertiary/aromatic N) is 2. The summed E-state index contributed by atoms with van der Waals surface area (Å²) in [6, 6.07) is 9.82. The van der Waals surface area contributed by atoms with Gasteiger partial charge in [-0.15, -0.1) is 0 Å². The zero-order valence-corrected chi connectivity index (χ0v) is 19.2. The Bertz CT molecular complexity index is 1060. The van der Waals surface area contributed by atoms with Gasteiger partial charge in [-0.1, -0.05) is 50.3 Å². The Hall–Kier alpha value is -3.21. The lowest BCUT2D eigenvalue weighted by atomic mass is 10.0. The first-order valence-corrected chi connectivity index (χ1v) is 11.1. The maximum atomic E-state index is 12.3. The third-order valence-corrected chi connectivity index (χ3v) is 5.50. The van der Waals surface area contributed by atoms with Gasteiger partial charge in [0.1, 0.15) is 11.0 Å². The molecule has 5 N–H and O–H groups in total. The lowest BCUT2D eigenvalue weighted by molar-refractivity contribution is -0.112. The molecule has 1 aromatic carbocycles. The third-order valence-electron chi connectivity index (χ3n) is 4.76. The number of hydrogen-bond donors (Lipinski definition) is 3. The van der Waals surface area contributed by atoms with Gasteiger partial charge in [0.2, 0.25) is 0 Å². The Morgan fingerprint density at radius 3 is 2.48 bits per heavy atom. The first-order chi connectivity index (χ1) is 15.0. The van der Waals surface area contributed by atoms with Gasteiger partial charge in [0.15, 0.2) is 0 Å². The maximum absolute atomic E-state index is 12.3. The molecule has 3 rings (SSSR count). The Labute approximate surface area is 188 Å². The first kappa shape index (κ1) is 24.1. The van der Waals surface area contributed by atoms with Crippen LogP contribution in [0.2, 0.25) is 0 Å². The van der Waals surface area contributed by atoms with E-state index in [0.717, 1.165) is 47.4 Å². The third kappa shape index (κ3) is 5.10.